The Labute approximate surface area is 111 Å². The molecule has 3 nitrogen and oxygen atoms in total. The van der Waals surface area contributed by atoms with E-state index < -0.39 is 11.6 Å². The summed E-state index contributed by atoms with van der Waals surface area (Å²) in [6.07, 6.45) is 2.15. The number of carbonyl (C=O) groups excluding carboxylic acids is 1. The third-order valence-corrected chi connectivity index (χ3v) is 3.20. The SMILES string of the molecule is O=C(CCOC1CCNCC1)c1ccc(F)cc1F. The maximum absolute atomic E-state index is 13.4. The van der Waals surface area contributed by atoms with E-state index in [1.165, 1.54) is 6.07 Å². The molecule has 0 aromatic heterocycles. The van der Waals surface area contributed by atoms with Gasteiger partial charge >= 0.3 is 0 Å². The Balaban J connectivity index is 1.80. The summed E-state index contributed by atoms with van der Waals surface area (Å²) in [6.45, 7) is 2.12. The minimum absolute atomic E-state index is 0.0738. The molecule has 1 aromatic carbocycles. The van der Waals surface area contributed by atoms with Crippen molar-refractivity contribution in [1.82, 2.24) is 5.32 Å². The van der Waals surface area contributed by atoms with Gasteiger partial charge in [0, 0.05) is 12.5 Å². The average molecular weight is 269 g/mol. The molecule has 0 radical (unpaired) electrons. The van der Waals surface area contributed by atoms with E-state index in [1.807, 2.05) is 0 Å². The summed E-state index contributed by atoms with van der Waals surface area (Å²) in [5.74, 6) is -1.85. The van der Waals surface area contributed by atoms with Gasteiger partial charge in [-0.05, 0) is 38.1 Å². The van der Waals surface area contributed by atoms with Crippen LogP contribution in [-0.4, -0.2) is 31.6 Å². The standard InChI is InChI=1S/C14H17F2NO2/c15-10-1-2-12(13(16)9-10)14(18)5-8-19-11-3-6-17-7-4-11/h1-2,9,11,17H,3-8H2. The molecule has 1 heterocycles. The Morgan fingerprint density at radius 1 is 1.32 bits per heavy atom. The first-order valence-electron chi connectivity index (χ1n) is 6.47. The number of hydrogen-bond acceptors (Lipinski definition) is 3. The monoisotopic (exact) mass is 269 g/mol. The Morgan fingerprint density at radius 3 is 2.74 bits per heavy atom. The van der Waals surface area contributed by atoms with Gasteiger partial charge in [-0.15, -0.1) is 0 Å². The third kappa shape index (κ3) is 4.08. The molecular formula is C14H17F2NO2. The quantitative estimate of drug-likeness (QED) is 0.834. The fraction of sp³-hybridized carbons (Fsp3) is 0.500. The highest BCUT2D eigenvalue weighted by molar-refractivity contribution is 5.96. The average Bonchev–Trinajstić information content (AvgIpc) is 2.39. The highest BCUT2D eigenvalue weighted by Crippen LogP contribution is 2.13. The van der Waals surface area contributed by atoms with E-state index in [1.54, 1.807) is 0 Å². The number of benzene rings is 1. The van der Waals surface area contributed by atoms with Gasteiger partial charge in [0.2, 0.25) is 0 Å². The van der Waals surface area contributed by atoms with Gasteiger partial charge in [-0.3, -0.25) is 4.79 Å². The van der Waals surface area contributed by atoms with Gasteiger partial charge in [-0.25, -0.2) is 8.78 Å². The smallest absolute Gasteiger partial charge is 0.168 e. The topological polar surface area (TPSA) is 38.3 Å². The second kappa shape index (κ2) is 6.73. The lowest BCUT2D eigenvalue weighted by Gasteiger charge is -2.22. The first-order valence-corrected chi connectivity index (χ1v) is 6.47. The van der Waals surface area contributed by atoms with Crippen LogP contribution in [0.4, 0.5) is 8.78 Å². The van der Waals surface area contributed by atoms with E-state index >= 15 is 0 Å². The summed E-state index contributed by atoms with van der Waals surface area (Å²) in [5.41, 5.74) is -0.0738. The molecule has 0 amide bonds. The Kier molecular flexibility index (Phi) is 4.99. The Morgan fingerprint density at radius 2 is 2.05 bits per heavy atom. The number of rotatable bonds is 5. The van der Waals surface area contributed by atoms with Crippen LogP contribution in [0.25, 0.3) is 0 Å². The van der Waals surface area contributed by atoms with Crippen molar-refractivity contribution in [2.45, 2.75) is 25.4 Å². The number of ether oxygens (including phenoxy) is 1. The first kappa shape index (κ1) is 14.1. The molecule has 1 aromatic rings. The summed E-state index contributed by atoms with van der Waals surface area (Å²) in [4.78, 5) is 11.8. The molecule has 1 N–H and O–H groups in total. The predicted octanol–water partition coefficient (Wildman–Crippen LogP) is 2.31. The van der Waals surface area contributed by atoms with E-state index in [-0.39, 0.29) is 30.5 Å². The lowest BCUT2D eigenvalue weighted by molar-refractivity contribution is 0.0313. The van der Waals surface area contributed by atoms with Gasteiger partial charge in [-0.2, -0.15) is 0 Å². The molecule has 19 heavy (non-hydrogen) atoms. The molecule has 0 unspecified atom stereocenters. The van der Waals surface area contributed by atoms with Crippen LogP contribution in [0.3, 0.4) is 0 Å². The minimum atomic E-state index is -0.813. The third-order valence-electron chi connectivity index (χ3n) is 3.20. The highest BCUT2D eigenvalue weighted by Gasteiger charge is 2.16. The van der Waals surface area contributed by atoms with Crippen molar-refractivity contribution in [3.63, 3.8) is 0 Å². The molecule has 5 heteroatoms. The molecule has 0 atom stereocenters. The summed E-state index contributed by atoms with van der Waals surface area (Å²) in [6, 6.07) is 2.99. The predicted molar refractivity (Wildman–Crippen MR) is 67.1 cm³/mol. The number of ketones is 1. The maximum Gasteiger partial charge on any atom is 0.168 e. The van der Waals surface area contributed by atoms with Crippen LogP contribution in [0, 0.1) is 11.6 Å². The molecular weight excluding hydrogens is 252 g/mol. The summed E-state index contributed by atoms with van der Waals surface area (Å²) in [5, 5.41) is 3.22. The van der Waals surface area contributed by atoms with Crippen LogP contribution >= 0.6 is 0 Å². The molecule has 0 aliphatic carbocycles. The van der Waals surface area contributed by atoms with Gasteiger partial charge in [0.25, 0.3) is 0 Å². The molecule has 1 fully saturated rings. The number of piperidine rings is 1. The minimum Gasteiger partial charge on any atom is -0.378 e. The van der Waals surface area contributed by atoms with Crippen molar-refractivity contribution in [2.24, 2.45) is 0 Å². The molecule has 2 rings (SSSR count). The van der Waals surface area contributed by atoms with Gasteiger partial charge in [0.05, 0.1) is 18.3 Å². The zero-order valence-corrected chi connectivity index (χ0v) is 10.6. The normalized spacial score (nSPS) is 16.5. The second-order valence-corrected chi connectivity index (χ2v) is 4.62. The van der Waals surface area contributed by atoms with Crippen molar-refractivity contribution in [2.75, 3.05) is 19.7 Å². The maximum atomic E-state index is 13.4. The van der Waals surface area contributed by atoms with Crippen LogP contribution in [-0.2, 0) is 4.74 Å². The van der Waals surface area contributed by atoms with Gasteiger partial charge in [0.1, 0.15) is 11.6 Å². The molecule has 1 aliphatic heterocycles. The molecule has 0 saturated carbocycles. The number of hydrogen-bond donors (Lipinski definition) is 1. The van der Waals surface area contributed by atoms with E-state index in [2.05, 4.69) is 5.32 Å². The van der Waals surface area contributed by atoms with Crippen LogP contribution in [0.5, 0.6) is 0 Å². The lowest BCUT2D eigenvalue weighted by atomic mass is 10.1. The molecule has 1 aliphatic rings. The number of Topliss-reactive ketones (excluding diaryl/α,β-unsaturated/α-hetero) is 1. The summed E-state index contributed by atoms with van der Waals surface area (Å²) in [7, 11) is 0. The van der Waals surface area contributed by atoms with E-state index in [0.29, 0.717) is 0 Å². The van der Waals surface area contributed by atoms with Crippen molar-refractivity contribution >= 4 is 5.78 Å². The van der Waals surface area contributed by atoms with Crippen molar-refractivity contribution < 1.29 is 18.3 Å². The second-order valence-electron chi connectivity index (χ2n) is 4.62. The summed E-state index contributed by atoms with van der Waals surface area (Å²) >= 11 is 0. The van der Waals surface area contributed by atoms with Crippen LogP contribution in [0.1, 0.15) is 29.6 Å². The fourth-order valence-corrected chi connectivity index (χ4v) is 2.13. The van der Waals surface area contributed by atoms with Gasteiger partial charge < -0.3 is 10.1 Å². The van der Waals surface area contributed by atoms with Gasteiger partial charge in [-0.1, -0.05) is 0 Å². The highest BCUT2D eigenvalue weighted by atomic mass is 19.1. The largest absolute Gasteiger partial charge is 0.378 e. The fourth-order valence-electron chi connectivity index (χ4n) is 2.13. The number of carbonyl (C=O) groups is 1. The van der Waals surface area contributed by atoms with E-state index in [9.17, 15) is 13.6 Å². The summed E-state index contributed by atoms with van der Waals surface area (Å²) < 4.78 is 31.7. The van der Waals surface area contributed by atoms with Crippen molar-refractivity contribution in [1.29, 1.82) is 0 Å². The van der Waals surface area contributed by atoms with Crippen LogP contribution < -0.4 is 5.32 Å². The van der Waals surface area contributed by atoms with Crippen LogP contribution in [0.15, 0.2) is 18.2 Å². The molecule has 104 valence electrons. The van der Waals surface area contributed by atoms with Crippen molar-refractivity contribution in [3.8, 4) is 0 Å². The lowest BCUT2D eigenvalue weighted by Crippen LogP contribution is -2.32. The zero-order valence-electron chi connectivity index (χ0n) is 10.6. The Bertz CT molecular complexity index is 445. The van der Waals surface area contributed by atoms with E-state index in [4.69, 9.17) is 4.74 Å². The van der Waals surface area contributed by atoms with Crippen LogP contribution in [0.2, 0.25) is 0 Å². The molecule has 0 bridgehead atoms. The first-order chi connectivity index (χ1) is 9.16. The van der Waals surface area contributed by atoms with Crippen molar-refractivity contribution in [3.05, 3.63) is 35.4 Å². The molecule has 1 saturated heterocycles. The van der Waals surface area contributed by atoms with E-state index in [0.717, 1.165) is 38.1 Å². The Hall–Kier alpha value is -1.33. The number of halogens is 2. The zero-order chi connectivity index (χ0) is 13.7. The number of nitrogens with one attached hydrogen (secondary N) is 1. The molecule has 0 spiro atoms. The van der Waals surface area contributed by atoms with Gasteiger partial charge in [0.15, 0.2) is 5.78 Å².